The van der Waals surface area contributed by atoms with Gasteiger partial charge in [-0.15, -0.1) is 24.8 Å². The molecule has 7 heteroatoms. The molecule has 0 saturated carbocycles. The summed E-state index contributed by atoms with van der Waals surface area (Å²) in [5, 5.41) is 43.7. The lowest BCUT2D eigenvalue weighted by Gasteiger charge is -2.23. The van der Waals surface area contributed by atoms with Crippen molar-refractivity contribution in [3.05, 3.63) is 0 Å². The zero-order valence-corrected chi connectivity index (χ0v) is 8.70. The van der Waals surface area contributed by atoms with E-state index in [0.717, 1.165) is 0 Å². The standard InChI is InChI=1S/C6H14O5.2ClH/c1-3(8)5(10)6(11)4(9)2-7;;/h3-11H,2H2,1H3;2*1H/t3-,4-,5-,6-;;/m1../s1. The summed E-state index contributed by atoms with van der Waals surface area (Å²) in [7, 11) is 0. The van der Waals surface area contributed by atoms with Crippen LogP contribution in [0.2, 0.25) is 0 Å². The number of halogens is 2. The van der Waals surface area contributed by atoms with Crippen LogP contribution in [0.15, 0.2) is 0 Å². The molecule has 0 heterocycles. The fraction of sp³-hybridized carbons (Fsp3) is 1.00. The van der Waals surface area contributed by atoms with E-state index in [9.17, 15) is 0 Å². The fourth-order valence-electron chi connectivity index (χ4n) is 0.621. The van der Waals surface area contributed by atoms with E-state index in [1.807, 2.05) is 0 Å². The molecule has 5 N–H and O–H groups in total. The molecule has 0 aromatic rings. The first-order chi connectivity index (χ1) is 5.00. The lowest BCUT2D eigenvalue weighted by atomic mass is 10.1. The Balaban J connectivity index is -0.000000500. The van der Waals surface area contributed by atoms with E-state index in [2.05, 4.69) is 0 Å². The number of hydrogen-bond acceptors (Lipinski definition) is 5. The van der Waals surface area contributed by atoms with Crippen LogP contribution in [0, 0.1) is 0 Å². The van der Waals surface area contributed by atoms with Gasteiger partial charge in [0.2, 0.25) is 0 Å². The zero-order valence-electron chi connectivity index (χ0n) is 7.07. The molecule has 0 aliphatic heterocycles. The summed E-state index contributed by atoms with van der Waals surface area (Å²) in [6.45, 7) is 0.628. The maximum atomic E-state index is 8.94. The highest BCUT2D eigenvalue weighted by molar-refractivity contribution is 5.85. The van der Waals surface area contributed by atoms with Crippen LogP contribution in [0.25, 0.3) is 0 Å². The van der Waals surface area contributed by atoms with Gasteiger partial charge < -0.3 is 25.5 Å². The van der Waals surface area contributed by atoms with E-state index in [1.54, 1.807) is 0 Å². The predicted molar refractivity (Wildman–Crippen MR) is 51.3 cm³/mol. The second kappa shape index (κ2) is 8.96. The Bertz CT molecular complexity index is 113. The Labute approximate surface area is 88.8 Å². The minimum Gasteiger partial charge on any atom is -0.394 e. The Hall–Kier alpha value is 0.380. The van der Waals surface area contributed by atoms with Crippen LogP contribution in [0.3, 0.4) is 0 Å². The van der Waals surface area contributed by atoms with E-state index in [-0.39, 0.29) is 24.8 Å². The first-order valence-electron chi connectivity index (χ1n) is 3.33. The highest BCUT2D eigenvalue weighted by atomic mass is 35.5. The molecule has 0 rings (SSSR count). The molecule has 0 saturated heterocycles. The normalized spacial score (nSPS) is 18.9. The van der Waals surface area contributed by atoms with E-state index in [1.165, 1.54) is 6.92 Å². The minimum atomic E-state index is -1.51. The summed E-state index contributed by atoms with van der Waals surface area (Å²) in [6, 6.07) is 0. The Morgan fingerprint density at radius 2 is 1.31 bits per heavy atom. The highest BCUT2D eigenvalue weighted by Gasteiger charge is 2.27. The monoisotopic (exact) mass is 238 g/mol. The van der Waals surface area contributed by atoms with Crippen LogP contribution in [0.4, 0.5) is 0 Å². The van der Waals surface area contributed by atoms with Gasteiger partial charge in [-0.1, -0.05) is 0 Å². The van der Waals surface area contributed by atoms with E-state index in [4.69, 9.17) is 25.5 Å². The molecule has 0 radical (unpaired) electrons. The van der Waals surface area contributed by atoms with Crippen molar-refractivity contribution in [2.75, 3.05) is 6.61 Å². The number of aliphatic hydroxyl groups is 5. The first-order valence-corrected chi connectivity index (χ1v) is 3.33. The summed E-state index contributed by atoms with van der Waals surface area (Å²) >= 11 is 0. The van der Waals surface area contributed by atoms with Crippen LogP contribution >= 0.6 is 24.8 Å². The van der Waals surface area contributed by atoms with Crippen LogP contribution in [-0.2, 0) is 0 Å². The van der Waals surface area contributed by atoms with Gasteiger partial charge in [0, 0.05) is 0 Å². The molecule has 0 aromatic heterocycles. The summed E-state index contributed by atoms with van der Waals surface area (Å²) < 4.78 is 0. The fourth-order valence-corrected chi connectivity index (χ4v) is 0.621. The van der Waals surface area contributed by atoms with Gasteiger partial charge in [0.15, 0.2) is 0 Å². The molecule has 0 unspecified atom stereocenters. The molecule has 0 aliphatic carbocycles. The van der Waals surface area contributed by atoms with Gasteiger partial charge >= 0.3 is 0 Å². The molecule has 0 amide bonds. The zero-order chi connectivity index (χ0) is 9.02. The average Bonchev–Trinajstić information content (AvgIpc) is 2.00. The molecule has 0 fully saturated rings. The quantitative estimate of drug-likeness (QED) is 0.402. The molecule has 0 aliphatic rings. The molecule has 13 heavy (non-hydrogen) atoms. The van der Waals surface area contributed by atoms with E-state index in [0.29, 0.717) is 0 Å². The Kier molecular flexibility index (Phi) is 13.1. The third kappa shape index (κ3) is 6.45. The van der Waals surface area contributed by atoms with Gasteiger partial charge in [-0.25, -0.2) is 0 Å². The Morgan fingerprint density at radius 3 is 1.54 bits per heavy atom. The van der Waals surface area contributed by atoms with Gasteiger partial charge in [-0.3, -0.25) is 0 Å². The maximum absolute atomic E-state index is 8.94. The summed E-state index contributed by atoms with van der Waals surface area (Å²) in [5.74, 6) is 0. The average molecular weight is 239 g/mol. The number of aliphatic hydroxyl groups excluding tert-OH is 5. The maximum Gasteiger partial charge on any atom is 0.110 e. The first kappa shape index (κ1) is 19.0. The number of hydrogen-bond donors (Lipinski definition) is 5. The molecule has 0 aromatic carbocycles. The predicted octanol–water partition coefficient (Wildman–Crippen LogP) is -1.71. The second-order valence-electron chi connectivity index (χ2n) is 2.47. The second-order valence-corrected chi connectivity index (χ2v) is 2.47. The van der Waals surface area contributed by atoms with Gasteiger partial charge in [0.1, 0.15) is 18.3 Å². The van der Waals surface area contributed by atoms with Gasteiger partial charge in [0.25, 0.3) is 0 Å². The van der Waals surface area contributed by atoms with Crippen molar-refractivity contribution >= 4 is 24.8 Å². The molecular formula is C6H16Cl2O5. The van der Waals surface area contributed by atoms with Crippen molar-refractivity contribution in [1.29, 1.82) is 0 Å². The molecule has 84 valence electrons. The van der Waals surface area contributed by atoms with Gasteiger partial charge in [-0.05, 0) is 6.92 Å². The molecule has 0 spiro atoms. The van der Waals surface area contributed by atoms with Gasteiger partial charge in [-0.2, -0.15) is 0 Å². The van der Waals surface area contributed by atoms with Crippen molar-refractivity contribution < 1.29 is 25.5 Å². The Morgan fingerprint density at radius 1 is 0.923 bits per heavy atom. The van der Waals surface area contributed by atoms with Crippen molar-refractivity contribution in [3.8, 4) is 0 Å². The third-order valence-electron chi connectivity index (χ3n) is 1.43. The lowest BCUT2D eigenvalue weighted by Crippen LogP contribution is -2.44. The van der Waals surface area contributed by atoms with Crippen molar-refractivity contribution in [2.24, 2.45) is 0 Å². The largest absolute Gasteiger partial charge is 0.394 e. The van der Waals surface area contributed by atoms with Crippen molar-refractivity contribution in [1.82, 2.24) is 0 Å². The van der Waals surface area contributed by atoms with Crippen LogP contribution in [-0.4, -0.2) is 56.6 Å². The van der Waals surface area contributed by atoms with Crippen molar-refractivity contribution in [2.45, 2.75) is 31.3 Å². The molecule has 4 atom stereocenters. The van der Waals surface area contributed by atoms with Gasteiger partial charge in [0.05, 0.1) is 12.7 Å². The molecular weight excluding hydrogens is 223 g/mol. The van der Waals surface area contributed by atoms with Crippen LogP contribution in [0.5, 0.6) is 0 Å². The van der Waals surface area contributed by atoms with E-state index >= 15 is 0 Å². The number of rotatable bonds is 4. The summed E-state index contributed by atoms with van der Waals surface area (Å²) in [6.07, 6.45) is -5.50. The van der Waals surface area contributed by atoms with Crippen LogP contribution < -0.4 is 0 Å². The SMILES string of the molecule is C[C@@H](O)[C@@H](O)[C@H](O)[C@H](O)CO.Cl.Cl. The van der Waals surface area contributed by atoms with E-state index < -0.39 is 31.0 Å². The lowest BCUT2D eigenvalue weighted by molar-refractivity contribution is -0.110. The highest BCUT2D eigenvalue weighted by Crippen LogP contribution is 2.03. The summed E-state index contributed by atoms with van der Waals surface area (Å²) in [4.78, 5) is 0. The minimum absolute atomic E-state index is 0. The molecule has 0 bridgehead atoms. The third-order valence-corrected chi connectivity index (χ3v) is 1.43. The topological polar surface area (TPSA) is 101 Å². The summed E-state index contributed by atoms with van der Waals surface area (Å²) in [5.41, 5.74) is 0. The molecule has 5 nitrogen and oxygen atoms in total. The smallest absolute Gasteiger partial charge is 0.110 e. The van der Waals surface area contributed by atoms with Crippen LogP contribution in [0.1, 0.15) is 6.92 Å². The van der Waals surface area contributed by atoms with Crippen molar-refractivity contribution in [3.63, 3.8) is 0 Å².